The van der Waals surface area contributed by atoms with Gasteiger partial charge in [-0.3, -0.25) is 0 Å². The highest BCUT2D eigenvalue weighted by Crippen LogP contribution is 2.31. The molecule has 0 N–H and O–H groups in total. The van der Waals surface area contributed by atoms with Crippen molar-refractivity contribution in [3.63, 3.8) is 0 Å². The second kappa shape index (κ2) is 5.79. The molecule has 3 rings (SSSR count). The van der Waals surface area contributed by atoms with Crippen LogP contribution < -0.4 is 4.74 Å². The molecule has 0 spiro atoms. The van der Waals surface area contributed by atoms with Crippen LogP contribution in [0.5, 0.6) is 5.75 Å². The molecule has 0 fully saturated rings. The smallest absolute Gasteiger partial charge is 0.119 e. The third kappa shape index (κ3) is 2.88. The van der Waals surface area contributed by atoms with Crippen LogP contribution >= 0.6 is 11.6 Å². The van der Waals surface area contributed by atoms with Gasteiger partial charge in [0.2, 0.25) is 0 Å². The maximum absolute atomic E-state index is 6.62. The number of ether oxygens (including phenoxy) is 1. The van der Waals surface area contributed by atoms with E-state index in [4.69, 9.17) is 16.3 Å². The van der Waals surface area contributed by atoms with E-state index in [1.165, 1.54) is 10.9 Å². The molecule has 1 atom stereocenters. The summed E-state index contributed by atoms with van der Waals surface area (Å²) >= 11 is 6.62. The Hall–Kier alpha value is -1.99. The minimum absolute atomic E-state index is 0.128. The average Bonchev–Trinajstić information content (AvgIpc) is 2.54. The lowest BCUT2D eigenvalue weighted by molar-refractivity contribution is 0.415. The van der Waals surface area contributed by atoms with Crippen molar-refractivity contribution in [1.29, 1.82) is 0 Å². The summed E-state index contributed by atoms with van der Waals surface area (Å²) < 4.78 is 5.25. The summed E-state index contributed by atoms with van der Waals surface area (Å²) in [6, 6.07) is 20.8. The maximum atomic E-state index is 6.62. The predicted octanol–water partition coefficient (Wildman–Crippen LogP) is 5.49. The molecule has 0 saturated heterocycles. The van der Waals surface area contributed by atoms with Crippen molar-refractivity contribution < 1.29 is 4.74 Å². The van der Waals surface area contributed by atoms with Gasteiger partial charge in [0, 0.05) is 0 Å². The largest absolute Gasteiger partial charge is 0.497 e. The van der Waals surface area contributed by atoms with Crippen LogP contribution in [-0.2, 0) is 0 Å². The normalized spacial score (nSPS) is 12.3. The quantitative estimate of drug-likeness (QED) is 0.581. The van der Waals surface area contributed by atoms with Crippen LogP contribution in [0.1, 0.15) is 22.1 Å². The lowest BCUT2D eigenvalue weighted by Crippen LogP contribution is -1.93. The molecule has 0 aliphatic rings. The topological polar surface area (TPSA) is 9.23 Å². The molecule has 0 aliphatic carbocycles. The lowest BCUT2D eigenvalue weighted by Gasteiger charge is -2.12. The molecule has 106 valence electrons. The van der Waals surface area contributed by atoms with Crippen molar-refractivity contribution in [2.45, 2.75) is 12.3 Å². The SMILES string of the molecule is COc1ccc2cc(C(Cl)c3ccc(C)cc3)ccc2c1. The minimum atomic E-state index is -0.128. The Morgan fingerprint density at radius 1 is 0.810 bits per heavy atom. The van der Waals surface area contributed by atoms with Gasteiger partial charge in [0.25, 0.3) is 0 Å². The van der Waals surface area contributed by atoms with Crippen molar-refractivity contribution in [1.82, 2.24) is 0 Å². The number of halogens is 1. The Morgan fingerprint density at radius 3 is 2.14 bits per heavy atom. The van der Waals surface area contributed by atoms with Gasteiger partial charge in [0.05, 0.1) is 12.5 Å². The van der Waals surface area contributed by atoms with E-state index in [0.29, 0.717) is 0 Å². The molecule has 3 aromatic rings. The Labute approximate surface area is 130 Å². The van der Waals surface area contributed by atoms with Gasteiger partial charge in [-0.25, -0.2) is 0 Å². The van der Waals surface area contributed by atoms with Gasteiger partial charge in [-0.15, -0.1) is 11.6 Å². The van der Waals surface area contributed by atoms with E-state index < -0.39 is 0 Å². The summed E-state index contributed by atoms with van der Waals surface area (Å²) in [5.74, 6) is 0.871. The van der Waals surface area contributed by atoms with Gasteiger partial charge in [0.15, 0.2) is 0 Å². The molecule has 0 saturated carbocycles. The summed E-state index contributed by atoms with van der Waals surface area (Å²) in [5, 5.41) is 2.20. The van der Waals surface area contributed by atoms with Gasteiger partial charge >= 0.3 is 0 Å². The Bertz CT molecular complexity index is 762. The molecule has 0 aliphatic heterocycles. The van der Waals surface area contributed by atoms with Gasteiger partial charge in [-0.2, -0.15) is 0 Å². The van der Waals surface area contributed by atoms with E-state index >= 15 is 0 Å². The number of fused-ring (bicyclic) bond motifs is 1. The third-order valence-corrected chi connectivity index (χ3v) is 4.24. The number of alkyl halides is 1. The first-order valence-corrected chi connectivity index (χ1v) is 7.39. The van der Waals surface area contributed by atoms with E-state index in [9.17, 15) is 0 Å². The summed E-state index contributed by atoms with van der Waals surface area (Å²) in [6.07, 6.45) is 0. The molecular formula is C19H17ClO. The fourth-order valence-electron chi connectivity index (χ4n) is 2.45. The second-order valence-corrected chi connectivity index (χ2v) is 5.68. The molecule has 1 unspecified atom stereocenters. The number of hydrogen-bond donors (Lipinski definition) is 0. The molecule has 0 radical (unpaired) electrons. The zero-order valence-electron chi connectivity index (χ0n) is 12.1. The number of aryl methyl sites for hydroxylation is 1. The highest BCUT2D eigenvalue weighted by atomic mass is 35.5. The Balaban J connectivity index is 1.98. The van der Waals surface area contributed by atoms with Gasteiger partial charge in [-0.05, 0) is 47.0 Å². The van der Waals surface area contributed by atoms with Crippen LogP contribution in [0.2, 0.25) is 0 Å². The molecule has 2 heteroatoms. The van der Waals surface area contributed by atoms with Crippen LogP contribution in [-0.4, -0.2) is 7.11 Å². The summed E-state index contributed by atoms with van der Waals surface area (Å²) in [4.78, 5) is 0. The van der Waals surface area contributed by atoms with E-state index in [0.717, 1.165) is 22.3 Å². The van der Waals surface area contributed by atoms with E-state index in [-0.39, 0.29) is 5.38 Å². The summed E-state index contributed by atoms with van der Waals surface area (Å²) in [7, 11) is 1.68. The van der Waals surface area contributed by atoms with Crippen molar-refractivity contribution >= 4 is 22.4 Å². The fourth-order valence-corrected chi connectivity index (χ4v) is 2.74. The van der Waals surface area contributed by atoms with Crippen LogP contribution in [0.25, 0.3) is 10.8 Å². The van der Waals surface area contributed by atoms with E-state index in [2.05, 4.69) is 55.5 Å². The predicted molar refractivity (Wildman–Crippen MR) is 89.4 cm³/mol. The minimum Gasteiger partial charge on any atom is -0.497 e. The number of benzene rings is 3. The lowest BCUT2D eigenvalue weighted by atomic mass is 10.00. The Kier molecular flexibility index (Phi) is 3.85. The number of hydrogen-bond acceptors (Lipinski definition) is 1. The highest BCUT2D eigenvalue weighted by Gasteiger charge is 2.11. The molecular weight excluding hydrogens is 280 g/mol. The van der Waals surface area contributed by atoms with Gasteiger partial charge in [-0.1, -0.05) is 48.0 Å². The molecule has 0 heterocycles. The van der Waals surface area contributed by atoms with Crippen molar-refractivity contribution in [3.8, 4) is 5.75 Å². The van der Waals surface area contributed by atoms with Crippen molar-refractivity contribution in [2.75, 3.05) is 7.11 Å². The molecule has 0 bridgehead atoms. The average molecular weight is 297 g/mol. The number of rotatable bonds is 3. The molecule has 1 nitrogen and oxygen atoms in total. The molecule has 0 amide bonds. The first-order valence-electron chi connectivity index (χ1n) is 6.96. The van der Waals surface area contributed by atoms with Crippen LogP contribution in [0.4, 0.5) is 0 Å². The first kappa shape index (κ1) is 14.0. The zero-order chi connectivity index (χ0) is 14.8. The van der Waals surface area contributed by atoms with E-state index in [1.807, 2.05) is 12.1 Å². The van der Waals surface area contributed by atoms with Crippen molar-refractivity contribution in [2.24, 2.45) is 0 Å². The summed E-state index contributed by atoms with van der Waals surface area (Å²) in [5.41, 5.74) is 3.47. The van der Waals surface area contributed by atoms with Gasteiger partial charge in [0.1, 0.15) is 5.75 Å². The third-order valence-electron chi connectivity index (χ3n) is 3.73. The zero-order valence-corrected chi connectivity index (χ0v) is 12.9. The van der Waals surface area contributed by atoms with Crippen molar-refractivity contribution in [3.05, 3.63) is 77.4 Å². The van der Waals surface area contributed by atoms with Crippen LogP contribution in [0.15, 0.2) is 60.7 Å². The Morgan fingerprint density at radius 2 is 1.43 bits per heavy atom. The van der Waals surface area contributed by atoms with Gasteiger partial charge < -0.3 is 4.74 Å². The highest BCUT2D eigenvalue weighted by molar-refractivity contribution is 6.22. The second-order valence-electron chi connectivity index (χ2n) is 5.25. The monoisotopic (exact) mass is 296 g/mol. The van der Waals surface area contributed by atoms with Crippen LogP contribution in [0, 0.1) is 6.92 Å². The molecule has 3 aromatic carbocycles. The molecule has 0 aromatic heterocycles. The van der Waals surface area contributed by atoms with E-state index in [1.54, 1.807) is 7.11 Å². The first-order chi connectivity index (χ1) is 10.2. The van der Waals surface area contributed by atoms with Crippen LogP contribution in [0.3, 0.4) is 0 Å². The maximum Gasteiger partial charge on any atom is 0.119 e. The summed E-state index contributed by atoms with van der Waals surface area (Å²) in [6.45, 7) is 2.08. The number of methoxy groups -OCH3 is 1. The fraction of sp³-hybridized carbons (Fsp3) is 0.158. The molecule has 21 heavy (non-hydrogen) atoms. The standard InChI is InChI=1S/C19H17ClO/c1-13-3-5-14(6-4-13)19(20)17-8-7-16-12-18(21-2)10-9-15(16)11-17/h3-12,19H,1-2H3.